The van der Waals surface area contributed by atoms with Crippen LogP contribution < -0.4 is 15.0 Å². The summed E-state index contributed by atoms with van der Waals surface area (Å²) >= 11 is 0.997. The molecule has 11 nitrogen and oxygen atoms in total. The number of nitrogens with one attached hydrogen (secondary N) is 1. The van der Waals surface area contributed by atoms with E-state index in [1.165, 1.54) is 31.5 Å². The summed E-state index contributed by atoms with van der Waals surface area (Å²) in [6.07, 6.45) is -0.600. The zero-order valence-electron chi connectivity index (χ0n) is 23.0. The van der Waals surface area contributed by atoms with Crippen LogP contribution in [0.25, 0.3) is 11.3 Å². The van der Waals surface area contributed by atoms with Gasteiger partial charge in [0.1, 0.15) is 23.9 Å². The summed E-state index contributed by atoms with van der Waals surface area (Å²) in [6, 6.07) is 3.28. The normalized spacial score (nSPS) is 13.9. The third-order valence-corrected chi connectivity index (χ3v) is 7.36. The quantitative estimate of drug-likeness (QED) is 0.341. The average Bonchev–Trinajstić information content (AvgIpc) is 3.38. The number of thiazole rings is 1. The van der Waals surface area contributed by atoms with Gasteiger partial charge in [0.2, 0.25) is 0 Å². The molecule has 224 valence electrons. The Hall–Kier alpha value is -4.27. The van der Waals surface area contributed by atoms with Crippen molar-refractivity contribution in [1.82, 2.24) is 15.0 Å². The van der Waals surface area contributed by atoms with Crippen LogP contribution in [0.2, 0.25) is 0 Å². The van der Waals surface area contributed by atoms with Crippen LogP contribution in [-0.4, -0.2) is 59.6 Å². The number of hydrogen-bond donors (Lipinski definition) is 1. The van der Waals surface area contributed by atoms with Crippen LogP contribution in [-0.2, 0) is 31.8 Å². The van der Waals surface area contributed by atoms with Gasteiger partial charge in [-0.15, -0.1) is 0 Å². The first-order chi connectivity index (χ1) is 20.0. The van der Waals surface area contributed by atoms with Crippen LogP contribution in [0.4, 0.5) is 24.1 Å². The maximum absolute atomic E-state index is 13.3. The molecule has 15 heteroatoms. The van der Waals surface area contributed by atoms with E-state index in [1.54, 1.807) is 6.92 Å². The lowest BCUT2D eigenvalue weighted by Crippen LogP contribution is -2.37. The molecule has 0 aliphatic carbocycles. The van der Waals surface area contributed by atoms with Crippen molar-refractivity contribution in [2.75, 3.05) is 37.0 Å². The second kappa shape index (κ2) is 13.1. The van der Waals surface area contributed by atoms with Gasteiger partial charge in [0.05, 0.1) is 48.2 Å². The summed E-state index contributed by atoms with van der Waals surface area (Å²) in [6.45, 7) is 4.30. The van der Waals surface area contributed by atoms with Crippen molar-refractivity contribution in [3.05, 3.63) is 46.7 Å². The van der Waals surface area contributed by atoms with Crippen molar-refractivity contribution in [2.24, 2.45) is 5.92 Å². The number of hydrogen-bond acceptors (Lipinski definition) is 11. The van der Waals surface area contributed by atoms with Crippen molar-refractivity contribution in [3.63, 3.8) is 0 Å². The highest BCUT2D eigenvalue weighted by atomic mass is 32.1. The minimum absolute atomic E-state index is 0.00893. The van der Waals surface area contributed by atoms with E-state index in [0.717, 1.165) is 24.5 Å². The number of amides is 1. The maximum Gasteiger partial charge on any atom is 0.419 e. The molecule has 1 saturated heterocycles. The fraction of sp³-hybridized carbons (Fsp3) is 0.407. The molecule has 4 rings (SSSR count). The molecular formula is C27H28F3N5O6S. The standard InChI is InChI=1S/C27H28F3N5O6S/c1-4-40-25(38)16-7-9-35(10-8-16)22-13-31-19(12-32-22)24(37)34-26-33-23(21(42-26)14-41-15(2)36)17-5-6-18(27(28,29)30)20(11-17)39-3/h5-6,11-13,16H,4,7-10,14H2,1-3H3,(H,33,34,37). The van der Waals surface area contributed by atoms with Gasteiger partial charge in [-0.25, -0.2) is 15.0 Å². The summed E-state index contributed by atoms with van der Waals surface area (Å²) in [4.78, 5) is 51.6. The topological polar surface area (TPSA) is 133 Å². The van der Waals surface area contributed by atoms with E-state index in [2.05, 4.69) is 20.3 Å². The van der Waals surface area contributed by atoms with Crippen LogP contribution in [0, 0.1) is 5.92 Å². The van der Waals surface area contributed by atoms with Gasteiger partial charge in [-0.1, -0.05) is 17.4 Å². The van der Waals surface area contributed by atoms with E-state index in [0.29, 0.717) is 43.2 Å². The fourth-order valence-corrected chi connectivity index (χ4v) is 5.23. The largest absolute Gasteiger partial charge is 0.496 e. The number of alkyl halides is 3. The number of anilines is 2. The SMILES string of the molecule is CCOC(=O)C1CCN(c2cnc(C(=O)Nc3nc(-c4ccc(C(F)(F)F)c(OC)c4)c(COC(C)=O)s3)cn2)CC1. The maximum atomic E-state index is 13.3. The van der Waals surface area contributed by atoms with Crippen LogP contribution in [0.3, 0.4) is 0 Å². The highest BCUT2D eigenvalue weighted by molar-refractivity contribution is 7.16. The lowest BCUT2D eigenvalue weighted by atomic mass is 9.97. The van der Waals surface area contributed by atoms with Crippen molar-refractivity contribution in [2.45, 2.75) is 39.5 Å². The molecule has 0 saturated carbocycles. The molecule has 1 aliphatic heterocycles. The first-order valence-electron chi connectivity index (χ1n) is 12.9. The van der Waals surface area contributed by atoms with Gasteiger partial charge >= 0.3 is 18.1 Å². The van der Waals surface area contributed by atoms with E-state index >= 15 is 0 Å². The van der Waals surface area contributed by atoms with Gasteiger partial charge < -0.3 is 19.1 Å². The summed E-state index contributed by atoms with van der Waals surface area (Å²) in [5, 5.41) is 2.73. The van der Waals surface area contributed by atoms with E-state index < -0.39 is 29.4 Å². The lowest BCUT2D eigenvalue weighted by Gasteiger charge is -2.31. The molecule has 0 spiro atoms. The summed E-state index contributed by atoms with van der Waals surface area (Å²) in [7, 11) is 1.12. The van der Waals surface area contributed by atoms with Crippen molar-refractivity contribution in [3.8, 4) is 17.0 Å². The molecule has 1 fully saturated rings. The molecule has 1 aliphatic rings. The van der Waals surface area contributed by atoms with Gasteiger partial charge in [0, 0.05) is 25.6 Å². The third kappa shape index (κ3) is 7.32. The Balaban J connectivity index is 1.49. The number of aromatic nitrogens is 3. The van der Waals surface area contributed by atoms with Gasteiger partial charge in [-0.3, -0.25) is 19.7 Å². The smallest absolute Gasteiger partial charge is 0.419 e. The molecule has 42 heavy (non-hydrogen) atoms. The zero-order valence-corrected chi connectivity index (χ0v) is 23.8. The Morgan fingerprint density at radius 2 is 1.86 bits per heavy atom. The van der Waals surface area contributed by atoms with Crippen molar-refractivity contribution < 1.29 is 41.8 Å². The minimum atomic E-state index is -4.62. The molecule has 1 aromatic carbocycles. The van der Waals surface area contributed by atoms with E-state index in [-0.39, 0.29) is 40.6 Å². The Bertz CT molecular complexity index is 1440. The minimum Gasteiger partial charge on any atom is -0.496 e. The Labute approximate surface area is 243 Å². The number of ether oxygens (including phenoxy) is 3. The molecule has 0 unspecified atom stereocenters. The first-order valence-corrected chi connectivity index (χ1v) is 13.8. The molecule has 2 aromatic heterocycles. The predicted octanol–water partition coefficient (Wildman–Crippen LogP) is 4.72. The van der Waals surface area contributed by atoms with Crippen molar-refractivity contribution in [1.29, 1.82) is 0 Å². The molecule has 1 amide bonds. The van der Waals surface area contributed by atoms with E-state index in [4.69, 9.17) is 14.2 Å². The monoisotopic (exact) mass is 607 g/mol. The van der Waals surface area contributed by atoms with E-state index in [1.807, 2.05) is 4.90 Å². The van der Waals surface area contributed by atoms with Gasteiger partial charge in [0.15, 0.2) is 5.13 Å². The summed E-state index contributed by atoms with van der Waals surface area (Å²) in [5.74, 6) is -1.38. The summed E-state index contributed by atoms with van der Waals surface area (Å²) in [5.41, 5.74) is -0.454. The van der Waals surface area contributed by atoms with Gasteiger partial charge in [0.25, 0.3) is 5.91 Å². The van der Waals surface area contributed by atoms with Gasteiger partial charge in [-0.2, -0.15) is 13.2 Å². The Morgan fingerprint density at radius 3 is 2.45 bits per heavy atom. The van der Waals surface area contributed by atoms with Gasteiger partial charge in [-0.05, 0) is 31.9 Å². The molecule has 3 aromatic rings. The first kappa shape index (κ1) is 30.7. The second-order valence-electron chi connectivity index (χ2n) is 9.21. The molecule has 0 bridgehead atoms. The molecule has 3 heterocycles. The highest BCUT2D eigenvalue weighted by Crippen LogP contribution is 2.40. The van der Waals surface area contributed by atoms with Crippen LogP contribution in [0.15, 0.2) is 30.6 Å². The van der Waals surface area contributed by atoms with Crippen LogP contribution in [0.5, 0.6) is 5.75 Å². The predicted molar refractivity (Wildman–Crippen MR) is 146 cm³/mol. The number of carbonyl (C=O) groups is 3. The number of benzene rings is 1. The second-order valence-corrected chi connectivity index (χ2v) is 10.3. The number of piperidine rings is 1. The number of nitrogens with zero attached hydrogens (tertiary/aromatic N) is 4. The Morgan fingerprint density at radius 1 is 1.12 bits per heavy atom. The molecule has 1 N–H and O–H groups in total. The zero-order chi connectivity index (χ0) is 30.4. The van der Waals surface area contributed by atoms with Crippen LogP contribution in [0.1, 0.15) is 47.6 Å². The molecule has 0 atom stereocenters. The van der Waals surface area contributed by atoms with Crippen LogP contribution >= 0.6 is 11.3 Å². The number of methoxy groups -OCH3 is 1. The fourth-order valence-electron chi connectivity index (χ4n) is 4.34. The summed E-state index contributed by atoms with van der Waals surface area (Å²) < 4.78 is 55.1. The number of rotatable bonds is 9. The lowest BCUT2D eigenvalue weighted by molar-refractivity contribution is -0.148. The van der Waals surface area contributed by atoms with Crippen molar-refractivity contribution >= 4 is 40.1 Å². The number of carbonyl (C=O) groups excluding carboxylic acids is 3. The molecular weight excluding hydrogens is 579 g/mol. The van der Waals surface area contributed by atoms with E-state index in [9.17, 15) is 27.6 Å². The molecule has 0 radical (unpaired) electrons. The highest BCUT2D eigenvalue weighted by Gasteiger charge is 2.34. The average molecular weight is 608 g/mol. The number of esters is 2. The Kier molecular flexibility index (Phi) is 9.60. The number of halogens is 3. The third-order valence-electron chi connectivity index (χ3n) is 6.41.